The SMILES string of the molecule is Cl.Cl.NCCc1nc(C(=O)NCCCNc2ccccn2)cs1. The Labute approximate surface area is 152 Å². The Morgan fingerprint density at radius 2 is 2.09 bits per heavy atom. The van der Waals surface area contributed by atoms with E-state index in [1.54, 1.807) is 11.6 Å². The van der Waals surface area contributed by atoms with Gasteiger partial charge in [0.2, 0.25) is 0 Å². The molecule has 0 unspecified atom stereocenters. The molecule has 4 N–H and O–H groups in total. The largest absolute Gasteiger partial charge is 0.370 e. The number of hydrogen-bond acceptors (Lipinski definition) is 6. The summed E-state index contributed by atoms with van der Waals surface area (Å²) < 4.78 is 0. The lowest BCUT2D eigenvalue weighted by Crippen LogP contribution is -2.26. The van der Waals surface area contributed by atoms with Gasteiger partial charge in [-0.3, -0.25) is 4.79 Å². The highest BCUT2D eigenvalue weighted by molar-refractivity contribution is 7.09. The van der Waals surface area contributed by atoms with Crippen molar-refractivity contribution in [2.75, 3.05) is 25.0 Å². The van der Waals surface area contributed by atoms with Crippen LogP contribution in [0.2, 0.25) is 0 Å². The summed E-state index contributed by atoms with van der Waals surface area (Å²) in [6.45, 7) is 1.91. The summed E-state index contributed by atoms with van der Waals surface area (Å²) in [4.78, 5) is 20.3. The number of carbonyl (C=O) groups is 1. The molecular weight excluding hydrogens is 357 g/mol. The number of aromatic nitrogens is 2. The molecule has 2 aromatic rings. The molecule has 0 spiro atoms. The van der Waals surface area contributed by atoms with Gasteiger partial charge in [-0.15, -0.1) is 36.2 Å². The standard InChI is InChI=1S/C14H19N5OS.2ClH/c15-6-5-13-19-11(10-21-13)14(20)18-9-3-8-17-12-4-1-2-7-16-12;;/h1-2,4,7,10H,3,5-6,8-9,15H2,(H,16,17)(H,18,20);2*1H. The highest BCUT2D eigenvalue weighted by Crippen LogP contribution is 2.09. The fraction of sp³-hybridized carbons (Fsp3) is 0.357. The number of amides is 1. The van der Waals surface area contributed by atoms with Crippen LogP contribution in [0, 0.1) is 0 Å². The van der Waals surface area contributed by atoms with Gasteiger partial charge in [0.1, 0.15) is 11.5 Å². The lowest BCUT2D eigenvalue weighted by Gasteiger charge is -2.05. The lowest BCUT2D eigenvalue weighted by atomic mass is 10.3. The first-order valence-corrected chi connectivity index (χ1v) is 7.75. The zero-order chi connectivity index (χ0) is 14.9. The van der Waals surface area contributed by atoms with E-state index in [1.165, 1.54) is 11.3 Å². The van der Waals surface area contributed by atoms with Crippen LogP contribution in [0.3, 0.4) is 0 Å². The molecule has 128 valence electrons. The van der Waals surface area contributed by atoms with Gasteiger partial charge >= 0.3 is 0 Å². The zero-order valence-electron chi connectivity index (χ0n) is 12.5. The van der Waals surface area contributed by atoms with Crippen molar-refractivity contribution in [2.24, 2.45) is 5.73 Å². The predicted octanol–water partition coefficient (Wildman–Crippen LogP) is 2.11. The summed E-state index contributed by atoms with van der Waals surface area (Å²) in [5, 5.41) is 8.72. The Balaban J connectivity index is 0.00000242. The minimum absolute atomic E-state index is 0. The number of rotatable bonds is 8. The Bertz CT molecular complexity index is 567. The molecule has 6 nitrogen and oxygen atoms in total. The fourth-order valence-corrected chi connectivity index (χ4v) is 2.51. The van der Waals surface area contributed by atoms with E-state index >= 15 is 0 Å². The molecule has 0 aromatic carbocycles. The molecule has 0 atom stereocenters. The molecule has 0 radical (unpaired) electrons. The third-order valence-corrected chi connectivity index (χ3v) is 3.66. The van der Waals surface area contributed by atoms with E-state index in [-0.39, 0.29) is 30.7 Å². The number of nitrogens with two attached hydrogens (primary N) is 1. The van der Waals surface area contributed by atoms with Gasteiger partial charge in [-0.1, -0.05) is 6.07 Å². The van der Waals surface area contributed by atoms with Crippen molar-refractivity contribution in [3.63, 3.8) is 0 Å². The topological polar surface area (TPSA) is 92.9 Å². The Kier molecular flexibility index (Phi) is 11.3. The molecule has 0 saturated carbocycles. The number of pyridine rings is 1. The third kappa shape index (κ3) is 7.60. The molecular formula is C14H21Cl2N5OS. The zero-order valence-corrected chi connectivity index (χ0v) is 15.0. The van der Waals surface area contributed by atoms with Gasteiger partial charge in [0.15, 0.2) is 0 Å². The van der Waals surface area contributed by atoms with Crippen molar-refractivity contribution in [1.82, 2.24) is 15.3 Å². The highest BCUT2D eigenvalue weighted by atomic mass is 35.5. The third-order valence-electron chi connectivity index (χ3n) is 2.75. The Hall–Kier alpha value is -1.41. The number of nitrogens with one attached hydrogen (secondary N) is 2. The van der Waals surface area contributed by atoms with Gasteiger partial charge < -0.3 is 16.4 Å². The van der Waals surface area contributed by atoms with Gasteiger partial charge in [-0.05, 0) is 25.1 Å². The van der Waals surface area contributed by atoms with Gasteiger partial charge in [-0.25, -0.2) is 9.97 Å². The van der Waals surface area contributed by atoms with E-state index in [0.717, 1.165) is 23.8 Å². The van der Waals surface area contributed by atoms with Crippen LogP contribution in [0.25, 0.3) is 0 Å². The second-order valence-electron chi connectivity index (χ2n) is 4.42. The summed E-state index contributed by atoms with van der Waals surface area (Å²) in [6.07, 6.45) is 3.28. The van der Waals surface area contributed by atoms with Crippen LogP contribution < -0.4 is 16.4 Å². The summed E-state index contributed by atoms with van der Waals surface area (Å²) in [6, 6.07) is 5.71. The van der Waals surface area contributed by atoms with Gasteiger partial charge in [0.05, 0.1) is 5.01 Å². The molecule has 0 saturated heterocycles. The Morgan fingerprint density at radius 3 is 2.78 bits per heavy atom. The summed E-state index contributed by atoms with van der Waals surface area (Å²) in [5.41, 5.74) is 5.93. The van der Waals surface area contributed by atoms with Gasteiger partial charge in [0.25, 0.3) is 5.91 Å². The van der Waals surface area contributed by atoms with Gasteiger partial charge in [-0.2, -0.15) is 0 Å². The molecule has 0 aliphatic rings. The molecule has 0 aliphatic heterocycles. The second kappa shape index (κ2) is 12.1. The number of thiazole rings is 1. The van der Waals surface area contributed by atoms with Crippen LogP contribution in [-0.4, -0.2) is 35.5 Å². The van der Waals surface area contributed by atoms with E-state index in [0.29, 0.717) is 25.2 Å². The number of carbonyl (C=O) groups excluding carboxylic acids is 1. The molecule has 0 fully saturated rings. The maximum Gasteiger partial charge on any atom is 0.270 e. The molecule has 9 heteroatoms. The van der Waals surface area contributed by atoms with Crippen LogP contribution in [0.1, 0.15) is 21.9 Å². The minimum atomic E-state index is -0.132. The average Bonchev–Trinajstić information content (AvgIpc) is 2.97. The van der Waals surface area contributed by atoms with Crippen LogP contribution in [0.4, 0.5) is 5.82 Å². The Morgan fingerprint density at radius 1 is 1.26 bits per heavy atom. The monoisotopic (exact) mass is 377 g/mol. The van der Waals surface area contributed by atoms with Crippen LogP contribution in [0.15, 0.2) is 29.8 Å². The molecule has 23 heavy (non-hydrogen) atoms. The lowest BCUT2D eigenvalue weighted by molar-refractivity contribution is 0.0949. The first kappa shape index (κ1) is 21.6. The molecule has 1 amide bonds. The normalized spacial score (nSPS) is 9.43. The molecule has 0 aliphatic carbocycles. The van der Waals surface area contributed by atoms with Crippen molar-refractivity contribution in [3.8, 4) is 0 Å². The fourth-order valence-electron chi connectivity index (χ4n) is 1.72. The quantitative estimate of drug-likeness (QED) is 0.612. The maximum absolute atomic E-state index is 11.9. The van der Waals surface area contributed by atoms with E-state index in [4.69, 9.17) is 5.73 Å². The molecule has 2 aromatic heterocycles. The molecule has 2 rings (SSSR count). The molecule has 0 bridgehead atoms. The summed E-state index contributed by atoms with van der Waals surface area (Å²) in [5.74, 6) is 0.710. The van der Waals surface area contributed by atoms with Crippen LogP contribution in [0.5, 0.6) is 0 Å². The summed E-state index contributed by atoms with van der Waals surface area (Å²) in [7, 11) is 0. The summed E-state index contributed by atoms with van der Waals surface area (Å²) >= 11 is 1.47. The van der Waals surface area contributed by atoms with Crippen molar-refractivity contribution >= 4 is 47.9 Å². The minimum Gasteiger partial charge on any atom is -0.370 e. The highest BCUT2D eigenvalue weighted by Gasteiger charge is 2.09. The number of nitrogens with zero attached hydrogens (tertiary/aromatic N) is 2. The van der Waals surface area contributed by atoms with Crippen LogP contribution >= 0.6 is 36.2 Å². The van der Waals surface area contributed by atoms with Crippen molar-refractivity contribution in [3.05, 3.63) is 40.5 Å². The average molecular weight is 378 g/mol. The maximum atomic E-state index is 11.9. The van der Waals surface area contributed by atoms with Crippen molar-refractivity contribution in [1.29, 1.82) is 0 Å². The second-order valence-corrected chi connectivity index (χ2v) is 5.36. The van der Waals surface area contributed by atoms with E-state index in [9.17, 15) is 4.79 Å². The van der Waals surface area contributed by atoms with Gasteiger partial charge in [0, 0.05) is 31.1 Å². The first-order valence-electron chi connectivity index (χ1n) is 6.87. The molecule has 2 heterocycles. The number of anilines is 1. The number of halogens is 2. The van der Waals surface area contributed by atoms with Crippen molar-refractivity contribution in [2.45, 2.75) is 12.8 Å². The van der Waals surface area contributed by atoms with E-state index in [2.05, 4.69) is 20.6 Å². The predicted molar refractivity (Wildman–Crippen MR) is 99.0 cm³/mol. The van der Waals surface area contributed by atoms with Crippen molar-refractivity contribution < 1.29 is 4.79 Å². The van der Waals surface area contributed by atoms with Crippen LogP contribution in [-0.2, 0) is 6.42 Å². The first-order chi connectivity index (χ1) is 10.3. The number of hydrogen-bond donors (Lipinski definition) is 3. The van der Waals surface area contributed by atoms with E-state index in [1.807, 2.05) is 18.2 Å². The smallest absolute Gasteiger partial charge is 0.270 e. The van der Waals surface area contributed by atoms with E-state index < -0.39 is 0 Å².